The zero-order chi connectivity index (χ0) is 51.4. The SMILES string of the molecule is CC/C=C\C/C=C\C/C=C\CCCCCC(=O)OCC(COC(=O)CCCCCCCCCCCCCCCCCCCCCCCCCCCC)OC(=O)CCCCCCC/C=C\CCCCCCC. The van der Waals surface area contributed by atoms with E-state index in [9.17, 15) is 14.4 Å². The van der Waals surface area contributed by atoms with Crippen molar-refractivity contribution in [3.63, 3.8) is 0 Å². The van der Waals surface area contributed by atoms with E-state index in [2.05, 4.69) is 69.4 Å². The van der Waals surface area contributed by atoms with Crippen molar-refractivity contribution in [2.45, 2.75) is 335 Å². The molecule has 0 rings (SSSR count). The van der Waals surface area contributed by atoms with Gasteiger partial charge in [-0.25, -0.2) is 0 Å². The molecule has 0 aliphatic rings. The van der Waals surface area contributed by atoms with Gasteiger partial charge in [0.2, 0.25) is 0 Å². The molecule has 0 aromatic heterocycles. The minimum absolute atomic E-state index is 0.0828. The molecule has 0 fully saturated rings. The quantitative estimate of drug-likeness (QED) is 0.0261. The third kappa shape index (κ3) is 58.1. The molecule has 414 valence electrons. The van der Waals surface area contributed by atoms with Crippen molar-refractivity contribution in [2.75, 3.05) is 13.2 Å². The van der Waals surface area contributed by atoms with Crippen molar-refractivity contribution in [1.29, 1.82) is 0 Å². The molecule has 1 unspecified atom stereocenters. The number of esters is 3. The predicted molar refractivity (Wildman–Crippen MR) is 307 cm³/mol. The maximum atomic E-state index is 12.8. The van der Waals surface area contributed by atoms with Gasteiger partial charge in [-0.3, -0.25) is 14.4 Å². The normalized spacial score (nSPS) is 12.3. The van der Waals surface area contributed by atoms with E-state index < -0.39 is 6.10 Å². The first-order valence-corrected chi connectivity index (χ1v) is 31.1. The van der Waals surface area contributed by atoms with Gasteiger partial charge in [0.05, 0.1) is 0 Å². The van der Waals surface area contributed by atoms with Crippen molar-refractivity contribution in [3.8, 4) is 0 Å². The Morgan fingerprint density at radius 3 is 0.887 bits per heavy atom. The van der Waals surface area contributed by atoms with Gasteiger partial charge in [-0.15, -0.1) is 0 Å². The van der Waals surface area contributed by atoms with Crippen LogP contribution in [0.15, 0.2) is 48.6 Å². The number of rotatable bonds is 57. The molecule has 0 saturated carbocycles. The van der Waals surface area contributed by atoms with Gasteiger partial charge in [0.15, 0.2) is 6.10 Å². The van der Waals surface area contributed by atoms with E-state index in [0.29, 0.717) is 19.3 Å². The fourth-order valence-corrected chi connectivity index (χ4v) is 9.16. The minimum Gasteiger partial charge on any atom is -0.462 e. The maximum Gasteiger partial charge on any atom is 0.306 e. The van der Waals surface area contributed by atoms with Crippen LogP contribution in [0.4, 0.5) is 0 Å². The zero-order valence-corrected chi connectivity index (χ0v) is 47.5. The topological polar surface area (TPSA) is 78.9 Å². The largest absolute Gasteiger partial charge is 0.462 e. The Balaban J connectivity index is 4.21. The molecule has 0 aromatic rings. The first-order valence-electron chi connectivity index (χ1n) is 31.1. The van der Waals surface area contributed by atoms with E-state index in [0.717, 1.165) is 96.3 Å². The second kappa shape index (κ2) is 59.9. The highest BCUT2D eigenvalue weighted by atomic mass is 16.6. The van der Waals surface area contributed by atoms with Crippen molar-refractivity contribution < 1.29 is 28.6 Å². The van der Waals surface area contributed by atoms with Crippen LogP contribution in [0.3, 0.4) is 0 Å². The Labute approximate surface area is 441 Å². The molecule has 0 heterocycles. The summed E-state index contributed by atoms with van der Waals surface area (Å²) in [5.74, 6) is -0.906. The second-order valence-corrected chi connectivity index (χ2v) is 20.9. The smallest absolute Gasteiger partial charge is 0.306 e. The molecule has 0 N–H and O–H groups in total. The molecule has 6 heteroatoms. The number of unbranched alkanes of at least 4 members (excludes halogenated alkanes) is 38. The molecule has 0 amide bonds. The first kappa shape index (κ1) is 68.4. The highest BCUT2D eigenvalue weighted by Gasteiger charge is 2.19. The van der Waals surface area contributed by atoms with E-state index in [1.54, 1.807) is 0 Å². The third-order valence-corrected chi connectivity index (χ3v) is 13.8. The molecule has 0 aliphatic carbocycles. The summed E-state index contributed by atoms with van der Waals surface area (Å²) in [4.78, 5) is 38.2. The summed E-state index contributed by atoms with van der Waals surface area (Å²) in [5, 5.41) is 0. The van der Waals surface area contributed by atoms with Gasteiger partial charge in [-0.1, -0.05) is 281 Å². The number of hydrogen-bond donors (Lipinski definition) is 0. The van der Waals surface area contributed by atoms with Gasteiger partial charge in [0, 0.05) is 19.3 Å². The Morgan fingerprint density at radius 1 is 0.296 bits per heavy atom. The average molecular weight is 996 g/mol. The van der Waals surface area contributed by atoms with Crippen LogP contribution in [0.1, 0.15) is 329 Å². The van der Waals surface area contributed by atoms with Gasteiger partial charge >= 0.3 is 17.9 Å². The summed E-state index contributed by atoms with van der Waals surface area (Å²) in [6.45, 7) is 6.53. The van der Waals surface area contributed by atoms with Crippen LogP contribution in [0.5, 0.6) is 0 Å². The maximum absolute atomic E-state index is 12.8. The molecule has 0 aliphatic heterocycles. The van der Waals surface area contributed by atoms with Crippen LogP contribution in [0, 0.1) is 0 Å². The fraction of sp³-hybridized carbons (Fsp3) is 0.831. The lowest BCUT2D eigenvalue weighted by atomic mass is 10.0. The van der Waals surface area contributed by atoms with Crippen molar-refractivity contribution in [2.24, 2.45) is 0 Å². The van der Waals surface area contributed by atoms with Crippen LogP contribution < -0.4 is 0 Å². The number of hydrogen-bond acceptors (Lipinski definition) is 6. The van der Waals surface area contributed by atoms with Gasteiger partial charge in [-0.05, 0) is 77.0 Å². The molecule has 0 radical (unpaired) electrons. The van der Waals surface area contributed by atoms with Gasteiger partial charge in [-0.2, -0.15) is 0 Å². The van der Waals surface area contributed by atoms with Crippen molar-refractivity contribution in [1.82, 2.24) is 0 Å². The molecular weight excluding hydrogens is 877 g/mol. The summed E-state index contributed by atoms with van der Waals surface area (Å²) in [6, 6.07) is 0. The minimum atomic E-state index is -0.787. The average Bonchev–Trinajstić information content (AvgIpc) is 3.37. The molecule has 6 nitrogen and oxygen atoms in total. The third-order valence-electron chi connectivity index (χ3n) is 13.8. The van der Waals surface area contributed by atoms with Crippen LogP contribution >= 0.6 is 0 Å². The number of carbonyl (C=O) groups excluding carboxylic acids is 3. The first-order chi connectivity index (χ1) is 35.0. The Bertz CT molecular complexity index is 1230. The summed E-state index contributed by atoms with van der Waals surface area (Å²) in [6.07, 6.45) is 74.2. The molecule has 0 saturated heterocycles. The lowest BCUT2D eigenvalue weighted by Crippen LogP contribution is -2.30. The molecule has 71 heavy (non-hydrogen) atoms. The molecular formula is C65H118O6. The summed E-state index contributed by atoms with van der Waals surface area (Å²) < 4.78 is 16.9. The van der Waals surface area contributed by atoms with E-state index in [1.807, 2.05) is 0 Å². The van der Waals surface area contributed by atoms with E-state index in [-0.39, 0.29) is 31.1 Å². The highest BCUT2D eigenvalue weighted by molar-refractivity contribution is 5.71. The molecule has 0 bridgehead atoms. The van der Waals surface area contributed by atoms with Crippen LogP contribution in [-0.2, 0) is 28.6 Å². The van der Waals surface area contributed by atoms with Crippen LogP contribution in [0.2, 0.25) is 0 Å². The Kier molecular flexibility index (Phi) is 57.7. The van der Waals surface area contributed by atoms with E-state index in [1.165, 1.54) is 193 Å². The van der Waals surface area contributed by atoms with Crippen LogP contribution in [0.25, 0.3) is 0 Å². The number of ether oxygens (including phenoxy) is 3. The summed E-state index contributed by atoms with van der Waals surface area (Å²) >= 11 is 0. The Morgan fingerprint density at radius 2 is 0.549 bits per heavy atom. The lowest BCUT2D eigenvalue weighted by Gasteiger charge is -2.18. The summed E-state index contributed by atoms with van der Waals surface area (Å²) in [5.41, 5.74) is 0. The van der Waals surface area contributed by atoms with Gasteiger partial charge < -0.3 is 14.2 Å². The Hall–Kier alpha value is -2.63. The monoisotopic (exact) mass is 995 g/mol. The standard InChI is InChI=1S/C65H118O6/c1-4-7-10-13-16-19-22-25-27-28-29-30-31-32-33-34-35-36-37-38-41-43-46-49-52-55-58-64(67)70-61-62(60-69-63(66)57-54-51-48-45-42-39-24-21-18-15-12-9-6-3)71-65(68)59-56-53-50-47-44-40-26-23-20-17-14-11-8-5-2/h9,12,18,21,23,26,39,42,62H,4-8,10-11,13-17,19-20,22,24-25,27-38,40-41,43-61H2,1-3H3/b12-9-,21-18-,26-23-,42-39-. The molecule has 0 aromatic carbocycles. The molecule has 1 atom stereocenters. The lowest BCUT2D eigenvalue weighted by molar-refractivity contribution is -0.167. The summed E-state index contributed by atoms with van der Waals surface area (Å²) in [7, 11) is 0. The predicted octanol–water partition coefficient (Wildman–Crippen LogP) is 21.0. The molecule has 0 spiro atoms. The van der Waals surface area contributed by atoms with E-state index in [4.69, 9.17) is 14.2 Å². The highest BCUT2D eigenvalue weighted by Crippen LogP contribution is 2.17. The fourth-order valence-electron chi connectivity index (χ4n) is 9.16. The second-order valence-electron chi connectivity index (χ2n) is 20.9. The van der Waals surface area contributed by atoms with Crippen molar-refractivity contribution in [3.05, 3.63) is 48.6 Å². The number of allylic oxidation sites excluding steroid dienone is 8. The number of carbonyl (C=O) groups is 3. The van der Waals surface area contributed by atoms with Crippen molar-refractivity contribution >= 4 is 17.9 Å². The van der Waals surface area contributed by atoms with E-state index >= 15 is 0 Å². The van der Waals surface area contributed by atoms with Gasteiger partial charge in [0.1, 0.15) is 13.2 Å². The zero-order valence-electron chi connectivity index (χ0n) is 47.5. The van der Waals surface area contributed by atoms with Gasteiger partial charge in [0.25, 0.3) is 0 Å². The van der Waals surface area contributed by atoms with Crippen LogP contribution in [-0.4, -0.2) is 37.2 Å².